The summed E-state index contributed by atoms with van der Waals surface area (Å²) in [4.78, 5) is 4.33. The van der Waals surface area contributed by atoms with Crippen molar-refractivity contribution < 1.29 is 0 Å². The van der Waals surface area contributed by atoms with Crippen LogP contribution in [-0.4, -0.2) is 15.6 Å². The summed E-state index contributed by atoms with van der Waals surface area (Å²) in [7, 11) is 0. The summed E-state index contributed by atoms with van der Waals surface area (Å²) in [6.45, 7) is 6.11. The van der Waals surface area contributed by atoms with Crippen molar-refractivity contribution in [3.05, 3.63) is 46.0 Å². The van der Waals surface area contributed by atoms with Crippen molar-refractivity contribution in [3.63, 3.8) is 0 Å². The predicted octanol–water partition coefficient (Wildman–Crippen LogP) is 3.14. The van der Waals surface area contributed by atoms with Gasteiger partial charge in [-0.05, 0) is 60.8 Å². The summed E-state index contributed by atoms with van der Waals surface area (Å²) >= 11 is 3.63. The molecule has 0 aliphatic carbocycles. The highest BCUT2D eigenvalue weighted by molar-refractivity contribution is 9.10. The highest BCUT2D eigenvalue weighted by Crippen LogP contribution is 2.25. The third kappa shape index (κ3) is 2.65. The highest BCUT2D eigenvalue weighted by atomic mass is 79.9. The second-order valence-corrected chi connectivity index (χ2v) is 5.61. The molecule has 96 valence electrons. The Labute approximate surface area is 116 Å². The van der Waals surface area contributed by atoms with Crippen LogP contribution in [0.25, 0.3) is 5.69 Å². The molecule has 3 nitrogen and oxygen atoms in total. The number of nitrogens with two attached hydrogens (primary N) is 1. The van der Waals surface area contributed by atoms with Gasteiger partial charge in [-0.3, -0.25) is 0 Å². The summed E-state index contributed by atoms with van der Waals surface area (Å²) < 4.78 is 3.16. The number of aryl methyl sites for hydroxylation is 1. The summed E-state index contributed by atoms with van der Waals surface area (Å²) in [5.41, 5.74) is 10.4. The number of nitrogens with zero attached hydrogens (tertiary/aromatic N) is 2. The molecule has 0 bridgehead atoms. The second kappa shape index (κ2) is 5.24. The van der Waals surface area contributed by atoms with Crippen LogP contribution in [0, 0.1) is 13.8 Å². The summed E-state index contributed by atoms with van der Waals surface area (Å²) in [6.07, 6.45) is 2.75. The lowest BCUT2D eigenvalue weighted by atomic mass is 10.1. The first-order valence-electron chi connectivity index (χ1n) is 6.04. The Morgan fingerprint density at radius 3 is 2.61 bits per heavy atom. The van der Waals surface area contributed by atoms with Gasteiger partial charge in [0, 0.05) is 16.2 Å². The van der Waals surface area contributed by atoms with Crippen LogP contribution in [0.2, 0.25) is 0 Å². The van der Waals surface area contributed by atoms with Crippen molar-refractivity contribution in [2.24, 2.45) is 5.73 Å². The van der Waals surface area contributed by atoms with Gasteiger partial charge in [-0.15, -0.1) is 0 Å². The molecule has 1 unspecified atom stereocenters. The molecule has 1 atom stereocenters. The lowest BCUT2D eigenvalue weighted by molar-refractivity contribution is 0.737. The van der Waals surface area contributed by atoms with Crippen molar-refractivity contribution in [2.75, 3.05) is 0 Å². The standard InChI is InChI=1S/C14H18BrN3/c1-9(16)6-12-4-5-14(13(15)7-12)18-8-17-10(2)11(18)3/h4-5,7-9H,6,16H2,1-3H3. The largest absolute Gasteiger partial charge is 0.328 e. The molecular weight excluding hydrogens is 290 g/mol. The average Bonchev–Trinajstić information content (AvgIpc) is 2.60. The number of halogens is 1. The summed E-state index contributed by atoms with van der Waals surface area (Å²) in [5, 5.41) is 0. The Morgan fingerprint density at radius 1 is 1.39 bits per heavy atom. The van der Waals surface area contributed by atoms with Crippen molar-refractivity contribution in [2.45, 2.75) is 33.2 Å². The number of aromatic nitrogens is 2. The van der Waals surface area contributed by atoms with Crippen LogP contribution in [-0.2, 0) is 6.42 Å². The molecule has 0 saturated heterocycles. The van der Waals surface area contributed by atoms with E-state index in [9.17, 15) is 0 Å². The average molecular weight is 308 g/mol. The molecule has 18 heavy (non-hydrogen) atoms. The van der Waals surface area contributed by atoms with E-state index >= 15 is 0 Å². The van der Waals surface area contributed by atoms with E-state index in [1.54, 1.807) is 0 Å². The van der Waals surface area contributed by atoms with Crippen LogP contribution in [0.15, 0.2) is 29.0 Å². The molecule has 2 rings (SSSR count). The minimum atomic E-state index is 0.181. The van der Waals surface area contributed by atoms with Gasteiger partial charge in [0.1, 0.15) is 0 Å². The van der Waals surface area contributed by atoms with E-state index in [4.69, 9.17) is 5.73 Å². The van der Waals surface area contributed by atoms with E-state index < -0.39 is 0 Å². The molecule has 0 saturated carbocycles. The van der Waals surface area contributed by atoms with E-state index in [2.05, 4.69) is 50.6 Å². The zero-order valence-electron chi connectivity index (χ0n) is 10.9. The molecule has 1 aromatic heterocycles. The molecular formula is C14H18BrN3. The molecule has 0 spiro atoms. The van der Waals surface area contributed by atoms with Crippen LogP contribution >= 0.6 is 15.9 Å². The molecule has 1 heterocycles. The summed E-state index contributed by atoms with van der Waals surface area (Å²) in [5.74, 6) is 0. The van der Waals surface area contributed by atoms with Crippen molar-refractivity contribution >= 4 is 15.9 Å². The maximum atomic E-state index is 5.82. The first-order chi connectivity index (χ1) is 8.49. The smallest absolute Gasteiger partial charge is 0.0997 e. The van der Waals surface area contributed by atoms with Crippen LogP contribution in [0.5, 0.6) is 0 Å². The first-order valence-corrected chi connectivity index (χ1v) is 6.83. The quantitative estimate of drug-likeness (QED) is 0.946. The molecule has 2 N–H and O–H groups in total. The third-order valence-electron chi connectivity index (χ3n) is 3.08. The number of benzene rings is 1. The van der Waals surface area contributed by atoms with Gasteiger partial charge in [-0.1, -0.05) is 6.07 Å². The lowest BCUT2D eigenvalue weighted by Gasteiger charge is -2.11. The van der Waals surface area contributed by atoms with Gasteiger partial charge in [0.25, 0.3) is 0 Å². The Kier molecular flexibility index (Phi) is 3.88. The topological polar surface area (TPSA) is 43.8 Å². The Hall–Kier alpha value is -1.13. The van der Waals surface area contributed by atoms with E-state index in [1.165, 1.54) is 5.56 Å². The van der Waals surface area contributed by atoms with Crippen LogP contribution in [0.3, 0.4) is 0 Å². The van der Waals surface area contributed by atoms with E-state index in [0.717, 1.165) is 28.0 Å². The van der Waals surface area contributed by atoms with Gasteiger partial charge in [0.2, 0.25) is 0 Å². The fraction of sp³-hybridized carbons (Fsp3) is 0.357. The zero-order chi connectivity index (χ0) is 13.3. The molecule has 4 heteroatoms. The van der Waals surface area contributed by atoms with Crippen LogP contribution in [0.4, 0.5) is 0 Å². The highest BCUT2D eigenvalue weighted by Gasteiger charge is 2.09. The Morgan fingerprint density at radius 2 is 2.11 bits per heavy atom. The maximum Gasteiger partial charge on any atom is 0.0997 e. The molecule has 0 fully saturated rings. The number of rotatable bonds is 3. The summed E-state index contributed by atoms with van der Waals surface area (Å²) in [6, 6.07) is 6.54. The third-order valence-corrected chi connectivity index (χ3v) is 3.72. The minimum absolute atomic E-state index is 0.181. The predicted molar refractivity (Wildman–Crippen MR) is 78.1 cm³/mol. The van der Waals surface area contributed by atoms with Gasteiger partial charge < -0.3 is 10.3 Å². The molecule has 1 aromatic carbocycles. The van der Waals surface area contributed by atoms with Crippen LogP contribution in [0.1, 0.15) is 23.9 Å². The van der Waals surface area contributed by atoms with Crippen molar-refractivity contribution in [1.29, 1.82) is 0 Å². The van der Waals surface area contributed by atoms with Crippen molar-refractivity contribution in [1.82, 2.24) is 9.55 Å². The monoisotopic (exact) mass is 307 g/mol. The van der Waals surface area contributed by atoms with E-state index in [-0.39, 0.29) is 6.04 Å². The minimum Gasteiger partial charge on any atom is -0.328 e. The number of imidazole rings is 1. The van der Waals surface area contributed by atoms with Gasteiger partial charge in [0.05, 0.1) is 17.7 Å². The van der Waals surface area contributed by atoms with Gasteiger partial charge >= 0.3 is 0 Å². The molecule has 0 aliphatic rings. The normalized spacial score (nSPS) is 12.7. The van der Waals surface area contributed by atoms with E-state index in [1.807, 2.05) is 20.2 Å². The zero-order valence-corrected chi connectivity index (χ0v) is 12.5. The van der Waals surface area contributed by atoms with Gasteiger partial charge in [0.15, 0.2) is 0 Å². The molecule has 0 amide bonds. The van der Waals surface area contributed by atoms with Gasteiger partial charge in [-0.2, -0.15) is 0 Å². The fourth-order valence-electron chi connectivity index (χ4n) is 1.99. The molecule has 0 aliphatic heterocycles. The van der Waals surface area contributed by atoms with Crippen LogP contribution < -0.4 is 5.73 Å². The Bertz CT molecular complexity index is 558. The SMILES string of the molecule is Cc1ncn(-c2ccc(CC(C)N)cc2Br)c1C. The number of hydrogen-bond acceptors (Lipinski definition) is 2. The van der Waals surface area contributed by atoms with Crippen molar-refractivity contribution in [3.8, 4) is 5.69 Å². The number of hydrogen-bond donors (Lipinski definition) is 1. The van der Waals surface area contributed by atoms with E-state index in [0.29, 0.717) is 0 Å². The lowest BCUT2D eigenvalue weighted by Crippen LogP contribution is -2.17. The molecule has 2 aromatic rings. The fourth-order valence-corrected chi connectivity index (χ4v) is 2.60. The first kappa shape index (κ1) is 13.3. The van der Waals surface area contributed by atoms with Gasteiger partial charge in [-0.25, -0.2) is 4.98 Å². The second-order valence-electron chi connectivity index (χ2n) is 4.75. The maximum absolute atomic E-state index is 5.82. The molecule has 0 radical (unpaired) electrons. The Balaban J connectivity index is 2.38.